The lowest BCUT2D eigenvalue weighted by molar-refractivity contribution is -0.142. The number of nitrogens with zero attached hydrogens (tertiary/aromatic N) is 1. The van der Waals surface area contributed by atoms with Crippen LogP contribution in [0.1, 0.15) is 26.3 Å². The summed E-state index contributed by atoms with van der Waals surface area (Å²) in [6, 6.07) is 15.8. The van der Waals surface area contributed by atoms with Gasteiger partial charge in [-0.1, -0.05) is 55.8 Å². The molecule has 150 valence electrons. The second kappa shape index (κ2) is 10.7. The molecular formula is C22H27ClN2O3. The first-order valence-corrected chi connectivity index (χ1v) is 9.74. The van der Waals surface area contributed by atoms with Crippen molar-refractivity contribution in [3.05, 3.63) is 65.2 Å². The number of ether oxygens (including phenoxy) is 1. The van der Waals surface area contributed by atoms with Crippen molar-refractivity contribution in [1.82, 2.24) is 10.2 Å². The molecule has 28 heavy (non-hydrogen) atoms. The van der Waals surface area contributed by atoms with Gasteiger partial charge in [0.1, 0.15) is 11.8 Å². The first-order chi connectivity index (χ1) is 13.4. The van der Waals surface area contributed by atoms with Crippen LogP contribution in [0.4, 0.5) is 0 Å². The Morgan fingerprint density at radius 1 is 1.04 bits per heavy atom. The van der Waals surface area contributed by atoms with Gasteiger partial charge in [-0.25, -0.2) is 0 Å². The van der Waals surface area contributed by atoms with Gasteiger partial charge in [0.05, 0.1) is 0 Å². The molecule has 0 saturated carbocycles. The van der Waals surface area contributed by atoms with Crippen molar-refractivity contribution in [2.24, 2.45) is 5.92 Å². The Balaban J connectivity index is 2.08. The van der Waals surface area contributed by atoms with Crippen LogP contribution in [0.2, 0.25) is 5.02 Å². The fraction of sp³-hybridized carbons (Fsp3) is 0.364. The summed E-state index contributed by atoms with van der Waals surface area (Å²) in [5, 5.41) is 3.49. The third kappa shape index (κ3) is 6.89. The van der Waals surface area contributed by atoms with E-state index in [4.69, 9.17) is 16.3 Å². The molecule has 1 N–H and O–H groups in total. The molecule has 0 spiro atoms. The molecular weight excluding hydrogens is 376 g/mol. The summed E-state index contributed by atoms with van der Waals surface area (Å²) in [4.78, 5) is 26.9. The summed E-state index contributed by atoms with van der Waals surface area (Å²) in [5.41, 5.74) is 0.950. The molecule has 0 aliphatic carbocycles. The molecule has 2 aromatic carbocycles. The summed E-state index contributed by atoms with van der Waals surface area (Å²) in [6.45, 7) is 6.53. The van der Waals surface area contributed by atoms with Crippen molar-refractivity contribution in [3.63, 3.8) is 0 Å². The predicted octanol–water partition coefficient (Wildman–Crippen LogP) is 3.91. The number of carbonyl (C=O) groups is 2. The lowest BCUT2D eigenvalue weighted by Crippen LogP contribution is -2.49. The molecule has 2 rings (SSSR count). The lowest BCUT2D eigenvalue weighted by Gasteiger charge is -2.29. The summed E-state index contributed by atoms with van der Waals surface area (Å²) in [6.07, 6.45) is 0. The largest absolute Gasteiger partial charge is 0.484 e. The summed E-state index contributed by atoms with van der Waals surface area (Å²) >= 11 is 5.87. The minimum Gasteiger partial charge on any atom is -0.484 e. The molecule has 0 heterocycles. The van der Waals surface area contributed by atoms with Crippen molar-refractivity contribution in [1.29, 1.82) is 0 Å². The number of amides is 2. The molecule has 0 aliphatic rings. The molecule has 0 radical (unpaired) electrons. The van der Waals surface area contributed by atoms with E-state index in [2.05, 4.69) is 5.32 Å². The van der Waals surface area contributed by atoms with E-state index in [1.54, 1.807) is 36.1 Å². The first-order valence-electron chi connectivity index (χ1n) is 9.36. The Morgan fingerprint density at radius 2 is 1.68 bits per heavy atom. The molecule has 5 nitrogen and oxygen atoms in total. The number of rotatable bonds is 9. The average molecular weight is 403 g/mol. The van der Waals surface area contributed by atoms with Gasteiger partial charge in [0.25, 0.3) is 5.91 Å². The standard InChI is InChI=1S/C22H27ClN2O3/c1-16(2)13-24-22(27)17(3)25(14-18-7-5-4-6-8-18)21(26)15-28-20-11-9-19(23)10-12-20/h4-12,16-17H,13-15H2,1-3H3,(H,24,27)/t17-/m1/s1. The fourth-order valence-electron chi connectivity index (χ4n) is 2.57. The van der Waals surface area contributed by atoms with Crippen LogP contribution in [0.25, 0.3) is 0 Å². The Hall–Kier alpha value is -2.53. The Bertz CT molecular complexity index is 763. The van der Waals surface area contributed by atoms with Crippen LogP contribution in [0, 0.1) is 5.92 Å². The lowest BCUT2D eigenvalue weighted by atomic mass is 10.1. The van der Waals surface area contributed by atoms with E-state index in [0.29, 0.717) is 29.8 Å². The quantitative estimate of drug-likeness (QED) is 0.691. The number of benzene rings is 2. The smallest absolute Gasteiger partial charge is 0.261 e. The number of halogens is 1. The van der Waals surface area contributed by atoms with Crippen LogP contribution >= 0.6 is 11.6 Å². The third-order valence-electron chi connectivity index (χ3n) is 4.22. The van der Waals surface area contributed by atoms with Crippen molar-refractivity contribution in [2.75, 3.05) is 13.2 Å². The highest BCUT2D eigenvalue weighted by atomic mass is 35.5. The second-order valence-corrected chi connectivity index (χ2v) is 7.50. The maximum Gasteiger partial charge on any atom is 0.261 e. The van der Waals surface area contributed by atoms with Gasteiger partial charge < -0.3 is 15.0 Å². The molecule has 0 saturated heterocycles. The fourth-order valence-corrected chi connectivity index (χ4v) is 2.70. The highest BCUT2D eigenvalue weighted by Crippen LogP contribution is 2.16. The Morgan fingerprint density at radius 3 is 2.29 bits per heavy atom. The molecule has 0 aromatic heterocycles. The topological polar surface area (TPSA) is 58.6 Å². The highest BCUT2D eigenvalue weighted by molar-refractivity contribution is 6.30. The molecule has 1 atom stereocenters. The summed E-state index contributed by atoms with van der Waals surface area (Å²) < 4.78 is 5.59. The molecule has 0 aliphatic heterocycles. The zero-order chi connectivity index (χ0) is 20.5. The van der Waals surface area contributed by atoms with Crippen LogP contribution in [0.5, 0.6) is 5.75 Å². The van der Waals surface area contributed by atoms with Gasteiger partial charge in [0, 0.05) is 18.1 Å². The molecule has 2 aromatic rings. The van der Waals surface area contributed by atoms with Crippen LogP contribution in [0.3, 0.4) is 0 Å². The average Bonchev–Trinajstić information content (AvgIpc) is 2.69. The zero-order valence-corrected chi connectivity index (χ0v) is 17.3. The van der Waals surface area contributed by atoms with E-state index < -0.39 is 6.04 Å². The van der Waals surface area contributed by atoms with Gasteiger partial charge in [0.2, 0.25) is 5.91 Å². The van der Waals surface area contributed by atoms with Crippen LogP contribution in [-0.2, 0) is 16.1 Å². The minimum absolute atomic E-state index is 0.156. The maximum atomic E-state index is 12.9. The van der Waals surface area contributed by atoms with Gasteiger partial charge in [0.15, 0.2) is 6.61 Å². The molecule has 0 fully saturated rings. The molecule has 0 bridgehead atoms. The normalized spacial score (nSPS) is 11.8. The van der Waals surface area contributed by atoms with Crippen molar-refractivity contribution in [3.8, 4) is 5.75 Å². The zero-order valence-electron chi connectivity index (χ0n) is 16.5. The number of nitrogens with one attached hydrogen (secondary N) is 1. The SMILES string of the molecule is CC(C)CNC(=O)[C@@H](C)N(Cc1ccccc1)C(=O)COc1ccc(Cl)cc1. The van der Waals surface area contributed by atoms with Crippen molar-refractivity contribution >= 4 is 23.4 Å². The van der Waals surface area contributed by atoms with E-state index in [1.807, 2.05) is 44.2 Å². The van der Waals surface area contributed by atoms with E-state index in [0.717, 1.165) is 5.56 Å². The van der Waals surface area contributed by atoms with Gasteiger partial charge in [-0.3, -0.25) is 9.59 Å². The van der Waals surface area contributed by atoms with E-state index in [9.17, 15) is 9.59 Å². The summed E-state index contributed by atoms with van der Waals surface area (Å²) in [5.74, 6) is 0.451. The van der Waals surface area contributed by atoms with E-state index >= 15 is 0 Å². The van der Waals surface area contributed by atoms with Crippen molar-refractivity contribution in [2.45, 2.75) is 33.4 Å². The minimum atomic E-state index is -0.611. The van der Waals surface area contributed by atoms with Gasteiger partial charge >= 0.3 is 0 Å². The van der Waals surface area contributed by atoms with Gasteiger partial charge in [-0.2, -0.15) is 0 Å². The Kier molecular flexibility index (Phi) is 8.33. The third-order valence-corrected chi connectivity index (χ3v) is 4.48. The predicted molar refractivity (Wildman–Crippen MR) is 111 cm³/mol. The van der Waals surface area contributed by atoms with Gasteiger partial charge in [-0.05, 0) is 42.7 Å². The van der Waals surface area contributed by atoms with Crippen molar-refractivity contribution < 1.29 is 14.3 Å². The monoisotopic (exact) mass is 402 g/mol. The number of hydrogen-bond acceptors (Lipinski definition) is 3. The summed E-state index contributed by atoms with van der Waals surface area (Å²) in [7, 11) is 0. The number of carbonyl (C=O) groups excluding carboxylic acids is 2. The molecule has 0 unspecified atom stereocenters. The van der Waals surface area contributed by atoms with E-state index in [1.165, 1.54) is 0 Å². The van der Waals surface area contributed by atoms with Crippen LogP contribution in [0.15, 0.2) is 54.6 Å². The highest BCUT2D eigenvalue weighted by Gasteiger charge is 2.26. The molecule has 2 amide bonds. The molecule has 6 heteroatoms. The second-order valence-electron chi connectivity index (χ2n) is 7.06. The maximum absolute atomic E-state index is 12.9. The van der Waals surface area contributed by atoms with E-state index in [-0.39, 0.29) is 18.4 Å². The van der Waals surface area contributed by atoms with Gasteiger partial charge in [-0.15, -0.1) is 0 Å². The van der Waals surface area contributed by atoms with Crippen LogP contribution < -0.4 is 10.1 Å². The Labute approximate surface area is 171 Å². The van der Waals surface area contributed by atoms with Crippen LogP contribution in [-0.4, -0.2) is 35.9 Å². The number of hydrogen-bond donors (Lipinski definition) is 1. The first kappa shape index (κ1) is 21.8.